The van der Waals surface area contributed by atoms with Gasteiger partial charge in [-0.3, -0.25) is 0 Å². The molecule has 8 aromatic carbocycles. The van der Waals surface area contributed by atoms with Crippen molar-refractivity contribution in [1.82, 2.24) is 9.13 Å². The third-order valence-electron chi connectivity index (χ3n) is 12.1. The molecule has 3 heteroatoms. The lowest BCUT2D eigenvalue weighted by Gasteiger charge is -2.21. The molecule has 11 aromatic rings. The van der Waals surface area contributed by atoms with Crippen LogP contribution in [0.4, 0.5) is 0 Å². The Labute approximate surface area is 311 Å². The molecule has 0 bridgehead atoms. The monoisotopic (exact) mass is 690 g/mol. The molecule has 0 radical (unpaired) electrons. The van der Waals surface area contributed by atoms with Crippen LogP contribution in [0.2, 0.25) is 0 Å². The summed E-state index contributed by atoms with van der Waals surface area (Å²) in [5, 5.41) is 7.25. The molecule has 0 unspecified atom stereocenters. The number of rotatable bonds is 3. The van der Waals surface area contributed by atoms with Gasteiger partial charge in [0, 0.05) is 49.1 Å². The lowest BCUT2D eigenvalue weighted by atomic mass is 9.82. The highest BCUT2D eigenvalue weighted by atomic mass is 16.3. The Morgan fingerprint density at radius 3 is 1.76 bits per heavy atom. The average molecular weight is 691 g/mol. The predicted octanol–water partition coefficient (Wildman–Crippen LogP) is 13.8. The lowest BCUT2D eigenvalue weighted by molar-refractivity contribution is 0.661. The summed E-state index contributed by atoms with van der Waals surface area (Å²) in [6.07, 6.45) is 0. The number of hydrogen-bond acceptors (Lipinski definition) is 1. The highest BCUT2D eigenvalue weighted by Crippen LogP contribution is 2.53. The summed E-state index contributed by atoms with van der Waals surface area (Å²) in [6, 6.07) is 62.1. The molecule has 0 saturated carbocycles. The molecular weight excluding hydrogens is 657 g/mol. The van der Waals surface area contributed by atoms with E-state index in [1.54, 1.807) is 0 Å². The van der Waals surface area contributed by atoms with Gasteiger partial charge in [-0.25, -0.2) is 0 Å². The van der Waals surface area contributed by atoms with Crippen LogP contribution >= 0.6 is 0 Å². The topological polar surface area (TPSA) is 23.0 Å². The van der Waals surface area contributed by atoms with Gasteiger partial charge in [-0.2, -0.15) is 0 Å². The molecule has 0 N–H and O–H groups in total. The molecule has 0 fully saturated rings. The van der Waals surface area contributed by atoms with Gasteiger partial charge in [0.25, 0.3) is 0 Å². The molecule has 0 amide bonds. The number of nitrogens with zero attached hydrogens (tertiary/aromatic N) is 2. The van der Waals surface area contributed by atoms with Crippen LogP contribution < -0.4 is 0 Å². The molecule has 3 nitrogen and oxygen atoms in total. The van der Waals surface area contributed by atoms with Gasteiger partial charge < -0.3 is 13.6 Å². The Morgan fingerprint density at radius 1 is 0.407 bits per heavy atom. The average Bonchev–Trinajstić information content (AvgIpc) is 3.92. The second-order valence-corrected chi connectivity index (χ2v) is 15.3. The first-order valence-corrected chi connectivity index (χ1v) is 18.8. The summed E-state index contributed by atoms with van der Waals surface area (Å²) in [4.78, 5) is 0. The highest BCUT2D eigenvalue weighted by molar-refractivity contribution is 6.20. The quantitative estimate of drug-likeness (QED) is 0.181. The maximum absolute atomic E-state index is 6.43. The van der Waals surface area contributed by atoms with Gasteiger partial charge in [0.2, 0.25) is 0 Å². The van der Waals surface area contributed by atoms with Crippen molar-refractivity contribution in [3.8, 4) is 33.6 Å². The van der Waals surface area contributed by atoms with Crippen molar-refractivity contribution in [2.24, 2.45) is 0 Å². The zero-order chi connectivity index (χ0) is 35.7. The fourth-order valence-corrected chi connectivity index (χ4v) is 9.61. The Hall–Kier alpha value is -6.84. The summed E-state index contributed by atoms with van der Waals surface area (Å²) in [7, 11) is 0. The smallest absolute Gasteiger partial charge is 0.136 e. The summed E-state index contributed by atoms with van der Waals surface area (Å²) < 4.78 is 11.3. The summed E-state index contributed by atoms with van der Waals surface area (Å²) in [5.74, 6) is 0. The van der Waals surface area contributed by atoms with Crippen molar-refractivity contribution in [2.75, 3.05) is 0 Å². The van der Waals surface area contributed by atoms with Gasteiger partial charge in [0.05, 0.1) is 22.1 Å². The van der Waals surface area contributed by atoms with Crippen LogP contribution in [0, 0.1) is 0 Å². The number of furan rings is 1. The molecular formula is C51H34N2O. The first kappa shape index (κ1) is 29.7. The Morgan fingerprint density at radius 2 is 1.00 bits per heavy atom. The molecule has 3 aromatic heterocycles. The van der Waals surface area contributed by atoms with Gasteiger partial charge in [0.1, 0.15) is 11.2 Å². The van der Waals surface area contributed by atoms with E-state index in [4.69, 9.17) is 4.42 Å². The van der Waals surface area contributed by atoms with Crippen LogP contribution in [0.1, 0.15) is 25.0 Å². The van der Waals surface area contributed by atoms with Gasteiger partial charge in [-0.05, 0) is 106 Å². The molecule has 3 heterocycles. The maximum atomic E-state index is 6.43. The third-order valence-corrected chi connectivity index (χ3v) is 12.1. The molecule has 12 rings (SSSR count). The Balaban J connectivity index is 1.15. The minimum atomic E-state index is -0.0812. The van der Waals surface area contributed by atoms with E-state index in [0.29, 0.717) is 0 Å². The van der Waals surface area contributed by atoms with E-state index < -0.39 is 0 Å². The van der Waals surface area contributed by atoms with E-state index in [-0.39, 0.29) is 5.41 Å². The first-order valence-electron chi connectivity index (χ1n) is 18.8. The van der Waals surface area contributed by atoms with Crippen LogP contribution in [0.5, 0.6) is 0 Å². The Kier molecular flexibility index (Phi) is 5.84. The van der Waals surface area contributed by atoms with Crippen LogP contribution in [0.15, 0.2) is 174 Å². The number of benzene rings is 8. The Bertz CT molecular complexity index is 3340. The molecule has 1 aliphatic carbocycles. The minimum Gasteiger partial charge on any atom is -0.456 e. The molecule has 1 aliphatic rings. The normalized spacial score (nSPS) is 13.5. The third kappa shape index (κ3) is 3.91. The number of para-hydroxylation sites is 3. The number of fused-ring (bicyclic) bond motifs is 13. The van der Waals surface area contributed by atoms with Crippen LogP contribution in [-0.4, -0.2) is 9.13 Å². The van der Waals surface area contributed by atoms with Crippen molar-refractivity contribution in [1.29, 1.82) is 0 Å². The SMILES string of the molecule is CC1(C)c2ccccc2-c2c1ccc1c2c2cc(-c3ccc4c(c3)c3cc5oc6ccccc6c5cc3n4-c3ccccc3)ccc2n1-c1ccccc1. The van der Waals surface area contributed by atoms with Crippen LogP contribution in [0.25, 0.3) is 99.2 Å². The van der Waals surface area contributed by atoms with Crippen molar-refractivity contribution >= 4 is 65.6 Å². The largest absolute Gasteiger partial charge is 0.456 e. The lowest BCUT2D eigenvalue weighted by Crippen LogP contribution is -2.14. The van der Waals surface area contributed by atoms with E-state index in [2.05, 4.69) is 187 Å². The molecule has 54 heavy (non-hydrogen) atoms. The van der Waals surface area contributed by atoms with E-state index in [1.807, 2.05) is 6.07 Å². The second kappa shape index (κ2) is 10.6. The minimum absolute atomic E-state index is 0.0812. The van der Waals surface area contributed by atoms with E-state index in [1.165, 1.54) is 82.7 Å². The number of hydrogen-bond donors (Lipinski definition) is 0. The van der Waals surface area contributed by atoms with Crippen molar-refractivity contribution in [3.63, 3.8) is 0 Å². The van der Waals surface area contributed by atoms with Gasteiger partial charge in [-0.15, -0.1) is 0 Å². The van der Waals surface area contributed by atoms with Crippen LogP contribution in [-0.2, 0) is 5.41 Å². The van der Waals surface area contributed by atoms with Gasteiger partial charge in [-0.1, -0.05) is 111 Å². The maximum Gasteiger partial charge on any atom is 0.136 e. The zero-order valence-electron chi connectivity index (χ0n) is 30.0. The number of aromatic nitrogens is 2. The van der Waals surface area contributed by atoms with E-state index in [9.17, 15) is 0 Å². The van der Waals surface area contributed by atoms with E-state index in [0.717, 1.165) is 27.6 Å². The fraction of sp³-hybridized carbons (Fsp3) is 0.0588. The molecule has 0 aliphatic heterocycles. The summed E-state index contributed by atoms with van der Waals surface area (Å²) >= 11 is 0. The highest BCUT2D eigenvalue weighted by Gasteiger charge is 2.37. The van der Waals surface area contributed by atoms with Crippen molar-refractivity contribution in [2.45, 2.75) is 19.3 Å². The zero-order valence-corrected chi connectivity index (χ0v) is 30.0. The fourth-order valence-electron chi connectivity index (χ4n) is 9.61. The van der Waals surface area contributed by atoms with E-state index >= 15 is 0 Å². The standard InChI is InChI=1S/C51H34N2O/c1-51(2)41-19-11-9-18-36(41)49-42(51)23-26-45-50(49)40-28-32(22-25-44(40)52(45)33-13-5-3-6-14-33)31-21-24-43-37(27-31)38-30-48-39(35-17-10-12-20-47(35)54-48)29-46(38)53(43)34-15-7-4-8-16-34/h3-30H,1-2H3. The van der Waals surface area contributed by atoms with Crippen molar-refractivity contribution in [3.05, 3.63) is 181 Å². The van der Waals surface area contributed by atoms with Gasteiger partial charge >= 0.3 is 0 Å². The first-order chi connectivity index (χ1) is 26.5. The summed E-state index contributed by atoms with van der Waals surface area (Å²) in [6.45, 7) is 4.73. The molecule has 0 saturated heterocycles. The molecule has 0 spiro atoms. The van der Waals surface area contributed by atoms with Crippen molar-refractivity contribution < 1.29 is 4.42 Å². The predicted molar refractivity (Wildman–Crippen MR) is 225 cm³/mol. The molecule has 0 atom stereocenters. The summed E-state index contributed by atoms with van der Waals surface area (Å²) in [5.41, 5.74) is 16.7. The molecule has 254 valence electrons. The van der Waals surface area contributed by atoms with Gasteiger partial charge in [0.15, 0.2) is 0 Å². The van der Waals surface area contributed by atoms with Crippen LogP contribution in [0.3, 0.4) is 0 Å². The second-order valence-electron chi connectivity index (χ2n) is 15.3.